The van der Waals surface area contributed by atoms with Crippen LogP contribution in [0, 0.1) is 0 Å². The van der Waals surface area contributed by atoms with Gasteiger partial charge in [-0.3, -0.25) is 0 Å². The van der Waals surface area contributed by atoms with E-state index >= 15 is 0 Å². The quantitative estimate of drug-likeness (QED) is 0.227. The van der Waals surface area contributed by atoms with E-state index in [9.17, 15) is 18.3 Å². The maximum Gasteiger partial charge on any atom is 0.419 e. The van der Waals surface area contributed by atoms with Crippen molar-refractivity contribution in [3.05, 3.63) is 84.2 Å². The summed E-state index contributed by atoms with van der Waals surface area (Å²) >= 11 is 0. The minimum absolute atomic E-state index is 0.182. The minimum Gasteiger partial charge on any atom is -0.396 e. The van der Waals surface area contributed by atoms with E-state index in [-0.39, 0.29) is 18.7 Å². The van der Waals surface area contributed by atoms with Gasteiger partial charge in [-0.2, -0.15) is 13.2 Å². The van der Waals surface area contributed by atoms with Crippen LogP contribution in [0.4, 0.5) is 24.5 Å². The number of aliphatic hydroxyl groups excluding tert-OH is 1. The van der Waals surface area contributed by atoms with Gasteiger partial charge in [0.1, 0.15) is 5.84 Å². The molecule has 9 heteroatoms. The number of anilines is 2. The normalized spacial score (nSPS) is 17.7. The molecule has 6 nitrogen and oxygen atoms in total. The van der Waals surface area contributed by atoms with Crippen LogP contribution in [0.15, 0.2) is 83.6 Å². The summed E-state index contributed by atoms with van der Waals surface area (Å²) in [5.41, 5.74) is 1.32. The fourth-order valence-corrected chi connectivity index (χ4v) is 4.30. The number of aliphatic hydroxyl groups is 1. The number of halogens is 3. The number of nitrogens with one attached hydrogen (secondary N) is 2. The number of rotatable bonds is 10. The Morgan fingerprint density at radius 1 is 1.19 bits per heavy atom. The van der Waals surface area contributed by atoms with Crippen LogP contribution in [-0.4, -0.2) is 61.9 Å². The molecule has 2 aromatic rings. The van der Waals surface area contributed by atoms with Crippen molar-refractivity contribution < 1.29 is 18.3 Å². The van der Waals surface area contributed by atoms with Crippen molar-refractivity contribution >= 4 is 17.2 Å². The summed E-state index contributed by atoms with van der Waals surface area (Å²) in [6.07, 6.45) is -2.53. The molecule has 0 aromatic heterocycles. The number of likely N-dealkylation sites (N-methyl/N-ethyl adjacent to an activating group) is 1. The van der Waals surface area contributed by atoms with E-state index in [0.29, 0.717) is 11.9 Å². The molecule has 1 aliphatic heterocycles. The summed E-state index contributed by atoms with van der Waals surface area (Å²) in [6.45, 7) is 6.99. The van der Waals surface area contributed by atoms with Gasteiger partial charge in [0.2, 0.25) is 0 Å². The largest absolute Gasteiger partial charge is 0.419 e. The highest BCUT2D eigenvalue weighted by Crippen LogP contribution is 2.31. The van der Waals surface area contributed by atoms with E-state index in [0.717, 1.165) is 42.6 Å². The number of alkyl halides is 3. The van der Waals surface area contributed by atoms with Crippen LogP contribution in [-0.2, 0) is 0 Å². The van der Waals surface area contributed by atoms with Crippen LogP contribution in [0.5, 0.6) is 0 Å². The highest BCUT2D eigenvalue weighted by Gasteiger charge is 2.36. The Balaban J connectivity index is 1.68. The summed E-state index contributed by atoms with van der Waals surface area (Å²) < 4.78 is 41.5. The van der Waals surface area contributed by atoms with Crippen LogP contribution in [0.3, 0.4) is 0 Å². The molecule has 2 unspecified atom stereocenters. The van der Waals surface area contributed by atoms with Crippen molar-refractivity contribution in [1.82, 2.24) is 10.2 Å². The Labute approximate surface area is 217 Å². The molecule has 0 aliphatic carbocycles. The second kappa shape index (κ2) is 12.8. The van der Waals surface area contributed by atoms with Crippen LogP contribution in [0.25, 0.3) is 0 Å². The summed E-state index contributed by atoms with van der Waals surface area (Å²) in [6, 6.07) is 16.8. The van der Waals surface area contributed by atoms with Crippen LogP contribution < -0.4 is 15.5 Å². The molecule has 3 N–H and O–H groups in total. The lowest BCUT2D eigenvalue weighted by Crippen LogP contribution is -2.31. The second-order valence-corrected chi connectivity index (χ2v) is 9.38. The van der Waals surface area contributed by atoms with Gasteiger partial charge < -0.3 is 25.5 Å². The third-order valence-electron chi connectivity index (χ3n) is 6.44. The first-order chi connectivity index (χ1) is 17.6. The van der Waals surface area contributed by atoms with Crippen molar-refractivity contribution in [1.29, 1.82) is 0 Å². The van der Waals surface area contributed by atoms with E-state index in [1.165, 1.54) is 0 Å². The highest BCUT2D eigenvalue weighted by molar-refractivity contribution is 5.94. The summed E-state index contributed by atoms with van der Waals surface area (Å²) in [5.74, 6) is 0.311. The van der Waals surface area contributed by atoms with Gasteiger partial charge in [-0.25, -0.2) is 4.99 Å². The fourth-order valence-electron chi connectivity index (χ4n) is 4.30. The molecular weight excluding hydrogens is 479 g/mol. The standard InChI is InChI=1S/C28H36F3N5O/c1-20(33-27(15-17-37)22-8-6-5-7-9-22)26(28(29,30)31)18-32-21(2)34-23-10-12-24(13-11-23)36-16-14-25(19-36)35(3)4/h5-13,18,25,27,33,37H,1,14-17,19H2,2-4H3,(H,32,34)/b26-18+. The highest BCUT2D eigenvalue weighted by atomic mass is 19.4. The monoisotopic (exact) mass is 515 g/mol. The van der Waals surface area contributed by atoms with Gasteiger partial charge in [-0.15, -0.1) is 0 Å². The van der Waals surface area contributed by atoms with Crippen LogP contribution >= 0.6 is 0 Å². The van der Waals surface area contributed by atoms with Gasteiger partial charge in [0.15, 0.2) is 0 Å². The number of allylic oxidation sites excluding steroid dienone is 1. The molecule has 1 fully saturated rings. The molecule has 0 bridgehead atoms. The van der Waals surface area contributed by atoms with E-state index in [1.54, 1.807) is 31.2 Å². The van der Waals surface area contributed by atoms with Gasteiger partial charge in [0, 0.05) is 49.0 Å². The zero-order chi connectivity index (χ0) is 27.0. The smallest absolute Gasteiger partial charge is 0.396 e. The molecule has 37 heavy (non-hydrogen) atoms. The molecule has 2 aromatic carbocycles. The van der Waals surface area contributed by atoms with Gasteiger partial charge in [0.05, 0.1) is 11.6 Å². The third-order valence-corrected chi connectivity index (χ3v) is 6.44. The van der Waals surface area contributed by atoms with Gasteiger partial charge >= 0.3 is 6.18 Å². The number of aliphatic imine (C=N–C) groups is 1. The average Bonchev–Trinajstić information content (AvgIpc) is 3.35. The van der Waals surface area contributed by atoms with E-state index in [1.807, 2.05) is 30.3 Å². The topological polar surface area (TPSA) is 63.1 Å². The predicted molar refractivity (Wildman–Crippen MR) is 145 cm³/mol. The Kier molecular flexibility index (Phi) is 9.77. The van der Waals surface area contributed by atoms with Gasteiger partial charge in [-0.05, 0) is 63.7 Å². The van der Waals surface area contributed by atoms with Gasteiger partial charge in [-0.1, -0.05) is 36.9 Å². The molecular formula is C28H36F3N5O. The number of nitrogens with zero attached hydrogens (tertiary/aromatic N) is 3. The molecule has 0 spiro atoms. The zero-order valence-corrected chi connectivity index (χ0v) is 21.6. The molecule has 0 radical (unpaired) electrons. The van der Waals surface area contributed by atoms with Crippen molar-refractivity contribution in [2.75, 3.05) is 44.0 Å². The first kappa shape index (κ1) is 28.3. The summed E-state index contributed by atoms with van der Waals surface area (Å²) in [4.78, 5) is 8.58. The number of benzene rings is 2. The maximum atomic E-state index is 13.8. The Hall–Kier alpha value is -3.30. The molecule has 1 heterocycles. The summed E-state index contributed by atoms with van der Waals surface area (Å²) in [5, 5.41) is 15.3. The van der Waals surface area contributed by atoms with Gasteiger partial charge in [0.25, 0.3) is 0 Å². The van der Waals surface area contributed by atoms with Crippen molar-refractivity contribution in [3.8, 4) is 0 Å². The maximum absolute atomic E-state index is 13.8. The lowest BCUT2D eigenvalue weighted by Gasteiger charge is -2.23. The molecule has 2 atom stereocenters. The minimum atomic E-state index is -4.66. The van der Waals surface area contributed by atoms with E-state index in [4.69, 9.17) is 0 Å². The van der Waals surface area contributed by atoms with Crippen molar-refractivity contribution in [3.63, 3.8) is 0 Å². The van der Waals surface area contributed by atoms with E-state index < -0.39 is 17.8 Å². The average molecular weight is 516 g/mol. The first-order valence-corrected chi connectivity index (χ1v) is 12.3. The lowest BCUT2D eigenvalue weighted by atomic mass is 10.0. The number of hydrogen-bond acceptors (Lipinski definition) is 5. The Morgan fingerprint density at radius 2 is 1.86 bits per heavy atom. The van der Waals surface area contributed by atoms with Crippen molar-refractivity contribution in [2.24, 2.45) is 4.99 Å². The SMILES string of the molecule is C=C(NC(CCO)c1ccccc1)/C(=C\N=C(/C)Nc1ccc(N2CCC(N(C)C)C2)cc1)C(F)(F)F. The Morgan fingerprint density at radius 3 is 2.43 bits per heavy atom. The zero-order valence-electron chi connectivity index (χ0n) is 21.6. The third kappa shape index (κ3) is 8.10. The number of hydrogen-bond donors (Lipinski definition) is 3. The van der Waals surface area contributed by atoms with Crippen molar-refractivity contribution in [2.45, 2.75) is 38.0 Å². The fraction of sp³-hybridized carbons (Fsp3) is 0.393. The lowest BCUT2D eigenvalue weighted by molar-refractivity contribution is -0.0901. The molecule has 0 saturated carbocycles. The first-order valence-electron chi connectivity index (χ1n) is 12.3. The van der Waals surface area contributed by atoms with E-state index in [2.05, 4.69) is 46.1 Å². The van der Waals surface area contributed by atoms with Crippen LogP contribution in [0.2, 0.25) is 0 Å². The predicted octanol–water partition coefficient (Wildman–Crippen LogP) is 5.33. The molecule has 200 valence electrons. The Bertz CT molecular complexity index is 1080. The number of amidine groups is 1. The second-order valence-electron chi connectivity index (χ2n) is 9.38. The summed E-state index contributed by atoms with van der Waals surface area (Å²) in [7, 11) is 4.17. The molecule has 1 saturated heterocycles. The molecule has 1 aliphatic rings. The van der Waals surface area contributed by atoms with Crippen LogP contribution in [0.1, 0.15) is 31.4 Å². The molecule has 3 rings (SSSR count). The molecule has 0 amide bonds.